The molecule has 1 aliphatic rings. The van der Waals surface area contributed by atoms with Crippen LogP contribution in [0.5, 0.6) is 0 Å². The summed E-state index contributed by atoms with van der Waals surface area (Å²) in [7, 11) is 0. The fourth-order valence-corrected chi connectivity index (χ4v) is 1.84. The molecular formula is C11H20N2O3. The monoisotopic (exact) mass is 228 g/mol. The zero-order valence-electron chi connectivity index (χ0n) is 9.88. The van der Waals surface area contributed by atoms with Gasteiger partial charge in [0.25, 0.3) is 0 Å². The van der Waals surface area contributed by atoms with Crippen LogP contribution >= 0.6 is 0 Å². The molecule has 2 amide bonds. The van der Waals surface area contributed by atoms with Crippen LogP contribution in [0.2, 0.25) is 0 Å². The minimum Gasteiger partial charge on any atom is -0.481 e. The first-order chi connectivity index (χ1) is 7.47. The van der Waals surface area contributed by atoms with Gasteiger partial charge in [-0.05, 0) is 32.6 Å². The van der Waals surface area contributed by atoms with Crippen LogP contribution in [0.3, 0.4) is 0 Å². The largest absolute Gasteiger partial charge is 0.481 e. The molecule has 5 heteroatoms. The molecule has 5 nitrogen and oxygen atoms in total. The number of hydrogen-bond acceptors (Lipinski definition) is 2. The van der Waals surface area contributed by atoms with Gasteiger partial charge in [-0.2, -0.15) is 0 Å². The maximum absolute atomic E-state index is 11.6. The van der Waals surface area contributed by atoms with Crippen LogP contribution < -0.4 is 10.6 Å². The number of carboxylic acid groups (broad SMARTS) is 1. The van der Waals surface area contributed by atoms with E-state index in [4.69, 9.17) is 5.11 Å². The third-order valence-corrected chi connectivity index (χ3v) is 3.17. The highest BCUT2D eigenvalue weighted by atomic mass is 16.4. The Balaban J connectivity index is 2.44. The Hall–Kier alpha value is -1.26. The van der Waals surface area contributed by atoms with Crippen molar-refractivity contribution in [1.82, 2.24) is 10.6 Å². The van der Waals surface area contributed by atoms with Crippen LogP contribution in [-0.4, -0.2) is 28.7 Å². The van der Waals surface area contributed by atoms with Crippen molar-refractivity contribution < 1.29 is 14.7 Å². The van der Waals surface area contributed by atoms with Crippen molar-refractivity contribution in [3.05, 3.63) is 0 Å². The third kappa shape index (κ3) is 3.40. The number of carbonyl (C=O) groups is 2. The van der Waals surface area contributed by atoms with Crippen molar-refractivity contribution >= 4 is 12.0 Å². The molecule has 1 fully saturated rings. The van der Waals surface area contributed by atoms with E-state index in [9.17, 15) is 9.59 Å². The Bertz CT molecular complexity index is 274. The summed E-state index contributed by atoms with van der Waals surface area (Å²) in [6, 6.07) is -0.141. The lowest BCUT2D eigenvalue weighted by Crippen LogP contribution is -2.58. The molecule has 0 aromatic rings. The van der Waals surface area contributed by atoms with Crippen LogP contribution in [0.4, 0.5) is 4.79 Å². The smallest absolute Gasteiger partial charge is 0.315 e. The maximum atomic E-state index is 11.6. The highest BCUT2D eigenvalue weighted by Gasteiger charge is 2.40. The number of hydrogen-bond donors (Lipinski definition) is 3. The Morgan fingerprint density at radius 3 is 2.44 bits per heavy atom. The molecule has 0 saturated heterocycles. The van der Waals surface area contributed by atoms with Gasteiger partial charge in [-0.1, -0.05) is 6.92 Å². The van der Waals surface area contributed by atoms with Crippen molar-refractivity contribution in [2.75, 3.05) is 0 Å². The number of carbonyl (C=O) groups excluding carboxylic acids is 1. The van der Waals surface area contributed by atoms with Crippen LogP contribution in [-0.2, 0) is 4.79 Å². The van der Waals surface area contributed by atoms with Gasteiger partial charge in [0.1, 0.15) is 0 Å². The molecule has 16 heavy (non-hydrogen) atoms. The summed E-state index contributed by atoms with van der Waals surface area (Å²) in [5.74, 6) is -0.858. The van der Waals surface area contributed by atoms with E-state index >= 15 is 0 Å². The summed E-state index contributed by atoms with van der Waals surface area (Å²) < 4.78 is 0. The number of urea groups is 1. The fraction of sp³-hybridized carbons (Fsp3) is 0.818. The van der Waals surface area contributed by atoms with Crippen molar-refractivity contribution in [2.24, 2.45) is 0 Å². The van der Waals surface area contributed by atoms with Crippen molar-refractivity contribution in [3.63, 3.8) is 0 Å². The second-order valence-electron chi connectivity index (χ2n) is 4.61. The van der Waals surface area contributed by atoms with Crippen molar-refractivity contribution in [1.29, 1.82) is 0 Å². The molecule has 3 N–H and O–H groups in total. The Morgan fingerprint density at radius 1 is 1.44 bits per heavy atom. The molecule has 0 aliphatic heterocycles. The first kappa shape index (κ1) is 12.8. The van der Waals surface area contributed by atoms with E-state index in [0.29, 0.717) is 0 Å². The molecular weight excluding hydrogens is 208 g/mol. The van der Waals surface area contributed by atoms with Crippen LogP contribution in [0.15, 0.2) is 0 Å². The van der Waals surface area contributed by atoms with E-state index in [2.05, 4.69) is 10.6 Å². The molecule has 1 unspecified atom stereocenters. The number of aliphatic carboxylic acids is 1. The van der Waals surface area contributed by atoms with Crippen LogP contribution in [0, 0.1) is 0 Å². The first-order valence-electron chi connectivity index (χ1n) is 5.78. The first-order valence-corrected chi connectivity index (χ1v) is 5.78. The van der Waals surface area contributed by atoms with Gasteiger partial charge in [0.05, 0.1) is 12.0 Å². The van der Waals surface area contributed by atoms with E-state index in [1.165, 1.54) is 0 Å². The average Bonchev–Trinajstić information content (AvgIpc) is 2.13. The summed E-state index contributed by atoms with van der Waals surface area (Å²) in [5.41, 5.74) is -0.511. The predicted octanol–water partition coefficient (Wildman–Crippen LogP) is 1.48. The number of nitrogens with one attached hydrogen (secondary N) is 2. The molecule has 1 rings (SSSR count). The van der Waals surface area contributed by atoms with Crippen molar-refractivity contribution in [2.45, 2.75) is 57.5 Å². The van der Waals surface area contributed by atoms with Gasteiger partial charge < -0.3 is 15.7 Å². The summed E-state index contributed by atoms with van der Waals surface area (Å²) >= 11 is 0. The van der Waals surface area contributed by atoms with Crippen LogP contribution in [0.25, 0.3) is 0 Å². The predicted molar refractivity (Wildman–Crippen MR) is 60.3 cm³/mol. The van der Waals surface area contributed by atoms with Crippen LogP contribution in [0.1, 0.15) is 46.0 Å². The molecule has 1 aliphatic carbocycles. The number of rotatable bonds is 5. The van der Waals surface area contributed by atoms with Gasteiger partial charge in [-0.3, -0.25) is 4.79 Å². The SMILES string of the molecule is CCC(C)NC(=O)NC1(CC(=O)O)CCC1. The van der Waals surface area contributed by atoms with E-state index in [1.807, 2.05) is 13.8 Å². The van der Waals surface area contributed by atoms with Gasteiger partial charge in [-0.25, -0.2) is 4.79 Å². The van der Waals surface area contributed by atoms with Gasteiger partial charge in [-0.15, -0.1) is 0 Å². The Morgan fingerprint density at radius 2 is 2.06 bits per heavy atom. The Labute approximate surface area is 95.6 Å². The van der Waals surface area contributed by atoms with Gasteiger partial charge in [0.2, 0.25) is 0 Å². The standard InChI is InChI=1S/C11H20N2O3/c1-3-8(2)12-10(16)13-11(5-4-6-11)7-9(14)15/h8H,3-7H2,1-2H3,(H,14,15)(H2,12,13,16). The molecule has 0 aromatic carbocycles. The third-order valence-electron chi connectivity index (χ3n) is 3.17. The molecule has 1 saturated carbocycles. The summed E-state index contributed by atoms with van der Waals surface area (Å²) in [6.45, 7) is 3.91. The molecule has 0 radical (unpaired) electrons. The molecule has 92 valence electrons. The molecule has 0 spiro atoms. The lowest BCUT2D eigenvalue weighted by atomic mass is 9.74. The quantitative estimate of drug-likeness (QED) is 0.667. The zero-order valence-corrected chi connectivity index (χ0v) is 9.88. The number of carboxylic acids is 1. The van der Waals surface area contributed by atoms with Gasteiger partial charge >= 0.3 is 12.0 Å². The minimum atomic E-state index is -0.858. The topological polar surface area (TPSA) is 78.4 Å². The second-order valence-corrected chi connectivity index (χ2v) is 4.61. The molecule has 0 aromatic heterocycles. The summed E-state index contributed by atoms with van der Waals surface area (Å²) in [5, 5.41) is 14.4. The number of amides is 2. The maximum Gasteiger partial charge on any atom is 0.315 e. The molecule has 0 bridgehead atoms. The lowest BCUT2D eigenvalue weighted by Gasteiger charge is -2.41. The van der Waals surface area contributed by atoms with Gasteiger partial charge in [0.15, 0.2) is 0 Å². The molecule has 1 atom stereocenters. The van der Waals surface area contributed by atoms with E-state index < -0.39 is 11.5 Å². The average molecular weight is 228 g/mol. The van der Waals surface area contributed by atoms with E-state index in [-0.39, 0.29) is 18.5 Å². The van der Waals surface area contributed by atoms with E-state index in [1.54, 1.807) is 0 Å². The normalized spacial score (nSPS) is 19.4. The molecule has 0 heterocycles. The highest BCUT2D eigenvalue weighted by Crippen LogP contribution is 2.34. The van der Waals surface area contributed by atoms with Crippen molar-refractivity contribution in [3.8, 4) is 0 Å². The summed E-state index contributed by atoms with van der Waals surface area (Å²) in [6.07, 6.45) is 3.37. The minimum absolute atomic E-state index is 0.0148. The lowest BCUT2D eigenvalue weighted by molar-refractivity contribution is -0.139. The fourth-order valence-electron chi connectivity index (χ4n) is 1.84. The zero-order chi connectivity index (χ0) is 12.2. The second kappa shape index (κ2) is 5.18. The van der Waals surface area contributed by atoms with E-state index in [0.717, 1.165) is 25.7 Å². The highest BCUT2D eigenvalue weighted by molar-refractivity contribution is 5.77. The Kier molecular flexibility index (Phi) is 4.15. The van der Waals surface area contributed by atoms with Gasteiger partial charge in [0, 0.05) is 6.04 Å². The summed E-state index contributed by atoms with van der Waals surface area (Å²) in [4.78, 5) is 22.3.